The van der Waals surface area contributed by atoms with Gasteiger partial charge in [-0.25, -0.2) is 0 Å². The molecule has 2 heterocycles. The van der Waals surface area contributed by atoms with E-state index < -0.39 is 0 Å². The van der Waals surface area contributed by atoms with Crippen LogP contribution in [-0.4, -0.2) is 49.6 Å². The van der Waals surface area contributed by atoms with Crippen molar-refractivity contribution in [3.63, 3.8) is 0 Å². The zero-order valence-corrected chi connectivity index (χ0v) is 13.6. The third kappa shape index (κ3) is 3.79. The molecule has 0 bridgehead atoms. The number of halogens is 2. The maximum atomic E-state index is 5.85. The molecule has 3 rings (SSSR count). The number of likely N-dealkylation sites (N-methyl/N-ethyl adjacent to an activating group) is 1. The number of fused-ring (bicyclic) bond motifs is 1. The fourth-order valence-corrected chi connectivity index (χ4v) is 3.01. The number of ether oxygens (including phenoxy) is 1. The molecule has 1 fully saturated rings. The van der Waals surface area contributed by atoms with Gasteiger partial charge in [0, 0.05) is 37.8 Å². The third-order valence-electron chi connectivity index (χ3n) is 4.14. The topological polar surface area (TPSA) is 15.7 Å². The van der Waals surface area contributed by atoms with Crippen LogP contribution in [-0.2, 0) is 0 Å². The van der Waals surface area contributed by atoms with Crippen LogP contribution in [0.5, 0.6) is 5.75 Å². The molecule has 0 amide bonds. The highest BCUT2D eigenvalue weighted by atomic mass is 35.5. The lowest BCUT2D eigenvalue weighted by molar-refractivity contribution is 0.107. The average Bonchev–Trinajstić information content (AvgIpc) is 2.62. The summed E-state index contributed by atoms with van der Waals surface area (Å²) in [5.74, 6) is 1.10. The van der Waals surface area contributed by atoms with Crippen LogP contribution in [0.25, 0.3) is 0 Å². The van der Waals surface area contributed by atoms with Crippen molar-refractivity contribution in [3.8, 4) is 5.75 Å². The standard InChI is InChI=1S/C15H22N2O.2ClH/c1-16-8-10-17(11-9-16)14-6-4-12-18-15-7-3-2-5-13(14)15;;/h2-3,5,7,14H,4,6,8-12H2,1H3;2*1H. The summed E-state index contributed by atoms with van der Waals surface area (Å²) in [6.07, 6.45) is 2.38. The van der Waals surface area contributed by atoms with E-state index in [1.54, 1.807) is 0 Å². The Bertz CT molecular complexity index is 409. The quantitative estimate of drug-likeness (QED) is 0.791. The molecular formula is C15H24Cl2N2O. The van der Waals surface area contributed by atoms with Gasteiger partial charge in [0.1, 0.15) is 5.75 Å². The Kier molecular flexibility index (Phi) is 7.10. The number of benzene rings is 1. The van der Waals surface area contributed by atoms with Crippen molar-refractivity contribution in [2.75, 3.05) is 39.8 Å². The number of rotatable bonds is 1. The second kappa shape index (κ2) is 8.08. The molecule has 0 aromatic heterocycles. The molecule has 0 radical (unpaired) electrons. The van der Waals surface area contributed by atoms with Crippen LogP contribution in [0.15, 0.2) is 24.3 Å². The molecule has 1 saturated heterocycles. The molecule has 20 heavy (non-hydrogen) atoms. The summed E-state index contributed by atoms with van der Waals surface area (Å²) in [5, 5.41) is 0. The van der Waals surface area contributed by atoms with E-state index in [1.807, 2.05) is 0 Å². The molecule has 1 unspecified atom stereocenters. The predicted molar refractivity (Wildman–Crippen MR) is 87.5 cm³/mol. The van der Waals surface area contributed by atoms with Gasteiger partial charge < -0.3 is 9.64 Å². The lowest BCUT2D eigenvalue weighted by atomic mass is 9.99. The average molecular weight is 319 g/mol. The molecule has 1 atom stereocenters. The summed E-state index contributed by atoms with van der Waals surface area (Å²) >= 11 is 0. The highest BCUT2D eigenvalue weighted by Gasteiger charge is 2.27. The fourth-order valence-electron chi connectivity index (χ4n) is 3.01. The first kappa shape index (κ1) is 17.6. The molecule has 2 aliphatic rings. The van der Waals surface area contributed by atoms with Crippen LogP contribution in [0.1, 0.15) is 24.4 Å². The van der Waals surface area contributed by atoms with Crippen LogP contribution >= 0.6 is 24.8 Å². The van der Waals surface area contributed by atoms with Crippen LogP contribution in [0.4, 0.5) is 0 Å². The first-order valence-corrected chi connectivity index (χ1v) is 6.99. The molecule has 1 aromatic rings. The molecule has 0 N–H and O–H groups in total. The number of hydrogen-bond acceptors (Lipinski definition) is 3. The van der Waals surface area contributed by atoms with Crippen LogP contribution < -0.4 is 4.74 Å². The minimum absolute atomic E-state index is 0. The Morgan fingerprint density at radius 3 is 2.50 bits per heavy atom. The van der Waals surface area contributed by atoms with E-state index in [0.29, 0.717) is 6.04 Å². The van der Waals surface area contributed by atoms with E-state index in [9.17, 15) is 0 Å². The summed E-state index contributed by atoms with van der Waals surface area (Å²) in [5.41, 5.74) is 1.39. The van der Waals surface area contributed by atoms with Crippen molar-refractivity contribution < 1.29 is 4.74 Å². The smallest absolute Gasteiger partial charge is 0.124 e. The first-order valence-electron chi connectivity index (χ1n) is 6.99. The van der Waals surface area contributed by atoms with Gasteiger partial charge in [-0.3, -0.25) is 4.90 Å². The van der Waals surface area contributed by atoms with Gasteiger partial charge in [-0.1, -0.05) is 18.2 Å². The fraction of sp³-hybridized carbons (Fsp3) is 0.600. The molecule has 2 aliphatic heterocycles. The van der Waals surface area contributed by atoms with E-state index in [0.717, 1.165) is 18.8 Å². The van der Waals surface area contributed by atoms with E-state index in [1.165, 1.54) is 38.2 Å². The Morgan fingerprint density at radius 2 is 1.75 bits per heavy atom. The van der Waals surface area contributed by atoms with Gasteiger partial charge in [-0.05, 0) is 26.0 Å². The second-order valence-corrected chi connectivity index (χ2v) is 5.38. The Hall–Kier alpha value is -0.480. The summed E-state index contributed by atoms with van der Waals surface area (Å²) in [4.78, 5) is 5.04. The van der Waals surface area contributed by atoms with Crippen molar-refractivity contribution in [3.05, 3.63) is 29.8 Å². The Balaban J connectivity index is 0.000001000. The number of piperazine rings is 1. The second-order valence-electron chi connectivity index (χ2n) is 5.38. The van der Waals surface area contributed by atoms with Crippen molar-refractivity contribution in [1.29, 1.82) is 0 Å². The van der Waals surface area contributed by atoms with Gasteiger partial charge in [-0.15, -0.1) is 24.8 Å². The summed E-state index contributed by atoms with van der Waals surface area (Å²) in [6, 6.07) is 9.12. The number of para-hydroxylation sites is 1. The molecule has 0 saturated carbocycles. The normalized spacial score (nSPS) is 23.6. The molecule has 0 spiro atoms. The lowest BCUT2D eigenvalue weighted by Gasteiger charge is -2.38. The summed E-state index contributed by atoms with van der Waals surface area (Å²) < 4.78 is 5.85. The Labute approximate surface area is 134 Å². The van der Waals surface area contributed by atoms with Crippen molar-refractivity contribution in [2.24, 2.45) is 0 Å². The molecule has 1 aromatic carbocycles. The largest absolute Gasteiger partial charge is 0.493 e. The van der Waals surface area contributed by atoms with Gasteiger partial charge >= 0.3 is 0 Å². The SMILES string of the molecule is CN1CCN(C2CCCOc3ccccc32)CC1.Cl.Cl. The zero-order valence-electron chi connectivity index (χ0n) is 12.0. The molecule has 0 aliphatic carbocycles. The van der Waals surface area contributed by atoms with E-state index >= 15 is 0 Å². The van der Waals surface area contributed by atoms with Gasteiger partial charge in [-0.2, -0.15) is 0 Å². The van der Waals surface area contributed by atoms with E-state index in [4.69, 9.17) is 4.74 Å². The highest BCUT2D eigenvalue weighted by molar-refractivity contribution is 5.85. The van der Waals surface area contributed by atoms with E-state index in [-0.39, 0.29) is 24.8 Å². The molecular weight excluding hydrogens is 295 g/mol. The molecule has 114 valence electrons. The summed E-state index contributed by atoms with van der Waals surface area (Å²) in [7, 11) is 2.21. The van der Waals surface area contributed by atoms with Gasteiger partial charge in [0.2, 0.25) is 0 Å². The summed E-state index contributed by atoms with van der Waals surface area (Å²) in [6.45, 7) is 5.57. The van der Waals surface area contributed by atoms with Crippen molar-refractivity contribution in [2.45, 2.75) is 18.9 Å². The highest BCUT2D eigenvalue weighted by Crippen LogP contribution is 2.35. The van der Waals surface area contributed by atoms with Gasteiger partial charge in [0.25, 0.3) is 0 Å². The minimum atomic E-state index is 0. The van der Waals surface area contributed by atoms with Crippen LogP contribution in [0.3, 0.4) is 0 Å². The first-order chi connectivity index (χ1) is 8.84. The maximum absolute atomic E-state index is 5.85. The number of hydrogen-bond donors (Lipinski definition) is 0. The maximum Gasteiger partial charge on any atom is 0.124 e. The molecule has 3 nitrogen and oxygen atoms in total. The van der Waals surface area contributed by atoms with Gasteiger partial charge in [0.15, 0.2) is 0 Å². The monoisotopic (exact) mass is 318 g/mol. The zero-order chi connectivity index (χ0) is 12.4. The third-order valence-corrected chi connectivity index (χ3v) is 4.14. The van der Waals surface area contributed by atoms with Gasteiger partial charge in [0.05, 0.1) is 6.61 Å². The van der Waals surface area contributed by atoms with E-state index in [2.05, 4.69) is 41.1 Å². The lowest BCUT2D eigenvalue weighted by Crippen LogP contribution is -2.45. The molecule has 5 heteroatoms. The number of nitrogens with zero attached hydrogens (tertiary/aromatic N) is 2. The minimum Gasteiger partial charge on any atom is -0.493 e. The Morgan fingerprint density at radius 1 is 1.05 bits per heavy atom. The van der Waals surface area contributed by atoms with Crippen molar-refractivity contribution in [1.82, 2.24) is 9.80 Å². The van der Waals surface area contributed by atoms with Crippen LogP contribution in [0, 0.1) is 0 Å². The van der Waals surface area contributed by atoms with Crippen LogP contribution in [0.2, 0.25) is 0 Å². The van der Waals surface area contributed by atoms with Crippen molar-refractivity contribution >= 4 is 24.8 Å². The predicted octanol–water partition coefficient (Wildman–Crippen LogP) is 2.99.